The van der Waals surface area contributed by atoms with Crippen LogP contribution in [0.1, 0.15) is 25.8 Å². The molecule has 110 valence electrons. The van der Waals surface area contributed by atoms with Crippen molar-refractivity contribution < 1.29 is 19.4 Å². The highest BCUT2D eigenvalue weighted by atomic mass is 16.5. The zero-order chi connectivity index (χ0) is 15.1. The number of nitrogens with zero attached hydrogens (tertiary/aromatic N) is 1. The Labute approximate surface area is 119 Å². The van der Waals surface area contributed by atoms with Crippen molar-refractivity contribution in [2.45, 2.75) is 32.7 Å². The quantitative estimate of drug-likeness (QED) is 0.828. The van der Waals surface area contributed by atoms with E-state index in [1.165, 1.54) is 0 Å². The zero-order valence-electron chi connectivity index (χ0n) is 12.1. The molecule has 0 fully saturated rings. The largest absolute Gasteiger partial charge is 0.497 e. The SMILES string of the molecule is CCN(C(=O)Cc1cccc(OC)c1)C(C)CC(=O)O. The van der Waals surface area contributed by atoms with Crippen LogP contribution >= 0.6 is 0 Å². The second-order valence-electron chi connectivity index (χ2n) is 4.65. The lowest BCUT2D eigenvalue weighted by molar-refractivity contribution is -0.140. The van der Waals surface area contributed by atoms with Crippen molar-refractivity contribution in [3.8, 4) is 5.75 Å². The van der Waals surface area contributed by atoms with Gasteiger partial charge in [-0.05, 0) is 31.5 Å². The van der Waals surface area contributed by atoms with Crippen molar-refractivity contribution in [1.82, 2.24) is 4.90 Å². The first-order valence-corrected chi connectivity index (χ1v) is 6.62. The topological polar surface area (TPSA) is 66.8 Å². The van der Waals surface area contributed by atoms with Crippen LogP contribution in [0.2, 0.25) is 0 Å². The van der Waals surface area contributed by atoms with E-state index in [9.17, 15) is 9.59 Å². The molecule has 1 N–H and O–H groups in total. The Kier molecular flexibility index (Phi) is 6.03. The molecule has 0 saturated heterocycles. The Balaban J connectivity index is 2.73. The third-order valence-electron chi connectivity index (χ3n) is 3.15. The minimum absolute atomic E-state index is 0.0440. The number of ether oxygens (including phenoxy) is 1. The number of methoxy groups -OCH3 is 1. The number of carbonyl (C=O) groups excluding carboxylic acids is 1. The van der Waals surface area contributed by atoms with Crippen LogP contribution in [0, 0.1) is 0 Å². The van der Waals surface area contributed by atoms with Crippen molar-refractivity contribution in [1.29, 1.82) is 0 Å². The van der Waals surface area contributed by atoms with Gasteiger partial charge in [-0.15, -0.1) is 0 Å². The van der Waals surface area contributed by atoms with Gasteiger partial charge in [-0.2, -0.15) is 0 Å². The van der Waals surface area contributed by atoms with E-state index in [1.54, 1.807) is 18.9 Å². The zero-order valence-corrected chi connectivity index (χ0v) is 12.1. The van der Waals surface area contributed by atoms with Gasteiger partial charge in [0.15, 0.2) is 0 Å². The molecule has 5 nitrogen and oxygen atoms in total. The Bertz CT molecular complexity index is 473. The maximum atomic E-state index is 12.3. The van der Waals surface area contributed by atoms with Crippen molar-refractivity contribution in [2.24, 2.45) is 0 Å². The number of carboxylic acids is 1. The summed E-state index contributed by atoms with van der Waals surface area (Å²) in [5.41, 5.74) is 0.857. The lowest BCUT2D eigenvalue weighted by Crippen LogP contribution is -2.40. The van der Waals surface area contributed by atoms with Gasteiger partial charge >= 0.3 is 5.97 Å². The second-order valence-corrected chi connectivity index (χ2v) is 4.65. The fourth-order valence-corrected chi connectivity index (χ4v) is 2.16. The fourth-order valence-electron chi connectivity index (χ4n) is 2.16. The molecule has 0 bridgehead atoms. The van der Waals surface area contributed by atoms with Gasteiger partial charge in [0, 0.05) is 12.6 Å². The van der Waals surface area contributed by atoms with Crippen LogP contribution in [0.15, 0.2) is 24.3 Å². The van der Waals surface area contributed by atoms with Crippen LogP contribution in [0.25, 0.3) is 0 Å². The van der Waals surface area contributed by atoms with Gasteiger partial charge in [-0.1, -0.05) is 12.1 Å². The predicted molar refractivity (Wildman–Crippen MR) is 75.8 cm³/mol. The molecule has 1 amide bonds. The maximum absolute atomic E-state index is 12.3. The number of rotatable bonds is 7. The molecule has 1 atom stereocenters. The number of hydrogen-bond donors (Lipinski definition) is 1. The number of amides is 1. The van der Waals surface area contributed by atoms with E-state index in [4.69, 9.17) is 9.84 Å². The van der Waals surface area contributed by atoms with Crippen molar-refractivity contribution in [3.63, 3.8) is 0 Å². The summed E-state index contributed by atoms with van der Waals surface area (Å²) in [6, 6.07) is 7.01. The number of hydrogen-bond acceptors (Lipinski definition) is 3. The van der Waals surface area contributed by atoms with Crippen LogP contribution in [-0.4, -0.2) is 41.6 Å². The van der Waals surface area contributed by atoms with E-state index < -0.39 is 5.97 Å². The number of carbonyl (C=O) groups is 2. The molecule has 0 aliphatic carbocycles. The minimum Gasteiger partial charge on any atom is -0.497 e. The molecule has 0 radical (unpaired) electrons. The van der Waals surface area contributed by atoms with Gasteiger partial charge in [0.2, 0.25) is 5.91 Å². The molecule has 1 aromatic rings. The summed E-state index contributed by atoms with van der Waals surface area (Å²) in [4.78, 5) is 24.6. The Hall–Kier alpha value is -2.04. The molecule has 1 aromatic carbocycles. The molecule has 0 aliphatic heterocycles. The summed E-state index contributed by atoms with van der Waals surface area (Å²) < 4.78 is 5.12. The van der Waals surface area contributed by atoms with E-state index in [2.05, 4.69) is 0 Å². The number of carboxylic acid groups (broad SMARTS) is 1. The molecular weight excluding hydrogens is 258 g/mol. The standard InChI is InChI=1S/C15H21NO4/c1-4-16(11(2)8-15(18)19)14(17)10-12-6-5-7-13(9-12)20-3/h5-7,9,11H,4,8,10H2,1-3H3,(H,18,19). The molecule has 1 rings (SSSR count). The van der Waals surface area contributed by atoms with Crippen molar-refractivity contribution >= 4 is 11.9 Å². The van der Waals surface area contributed by atoms with Crippen LogP contribution in [-0.2, 0) is 16.0 Å². The molecule has 20 heavy (non-hydrogen) atoms. The first-order valence-electron chi connectivity index (χ1n) is 6.62. The lowest BCUT2D eigenvalue weighted by Gasteiger charge is -2.27. The molecule has 0 aromatic heterocycles. The van der Waals surface area contributed by atoms with Gasteiger partial charge in [-0.3, -0.25) is 9.59 Å². The third-order valence-corrected chi connectivity index (χ3v) is 3.15. The van der Waals surface area contributed by atoms with Gasteiger partial charge in [-0.25, -0.2) is 0 Å². The molecule has 5 heteroatoms. The predicted octanol–water partition coefficient (Wildman–Crippen LogP) is 1.95. The number of benzene rings is 1. The molecule has 0 aliphatic rings. The van der Waals surface area contributed by atoms with Crippen LogP contribution in [0.3, 0.4) is 0 Å². The smallest absolute Gasteiger partial charge is 0.305 e. The van der Waals surface area contributed by atoms with Crippen LogP contribution in [0.4, 0.5) is 0 Å². The Morgan fingerprint density at radius 1 is 1.40 bits per heavy atom. The summed E-state index contributed by atoms with van der Waals surface area (Å²) in [7, 11) is 1.58. The summed E-state index contributed by atoms with van der Waals surface area (Å²) in [6.45, 7) is 4.10. The average Bonchev–Trinajstić information content (AvgIpc) is 2.38. The van der Waals surface area contributed by atoms with Gasteiger partial charge in [0.25, 0.3) is 0 Å². The molecular formula is C15H21NO4. The fraction of sp³-hybridized carbons (Fsp3) is 0.467. The van der Waals surface area contributed by atoms with Crippen molar-refractivity contribution in [2.75, 3.05) is 13.7 Å². The summed E-state index contributed by atoms with van der Waals surface area (Å²) in [6.07, 6.45) is 0.201. The van der Waals surface area contributed by atoms with E-state index in [0.717, 1.165) is 5.56 Å². The first-order chi connectivity index (χ1) is 9.47. The highest BCUT2D eigenvalue weighted by Crippen LogP contribution is 2.15. The number of likely N-dealkylation sites (N-methyl/N-ethyl adjacent to an activating group) is 1. The normalized spacial score (nSPS) is 11.8. The van der Waals surface area contributed by atoms with E-state index in [-0.39, 0.29) is 24.8 Å². The third kappa shape index (κ3) is 4.57. The molecule has 0 spiro atoms. The van der Waals surface area contributed by atoms with Crippen molar-refractivity contribution in [3.05, 3.63) is 29.8 Å². The Morgan fingerprint density at radius 3 is 2.65 bits per heavy atom. The first kappa shape index (κ1) is 16.0. The van der Waals surface area contributed by atoms with E-state index in [1.807, 2.05) is 31.2 Å². The van der Waals surface area contributed by atoms with E-state index in [0.29, 0.717) is 12.3 Å². The van der Waals surface area contributed by atoms with Crippen LogP contribution in [0.5, 0.6) is 5.75 Å². The highest BCUT2D eigenvalue weighted by molar-refractivity contribution is 5.80. The minimum atomic E-state index is -0.898. The summed E-state index contributed by atoms with van der Waals surface area (Å²) in [5.74, 6) is -0.267. The Morgan fingerprint density at radius 2 is 2.10 bits per heavy atom. The summed E-state index contributed by atoms with van der Waals surface area (Å²) >= 11 is 0. The van der Waals surface area contributed by atoms with Gasteiger partial charge in [0.1, 0.15) is 5.75 Å². The molecule has 0 saturated carbocycles. The average molecular weight is 279 g/mol. The van der Waals surface area contributed by atoms with E-state index >= 15 is 0 Å². The van der Waals surface area contributed by atoms with Crippen LogP contribution < -0.4 is 4.74 Å². The monoisotopic (exact) mass is 279 g/mol. The molecule has 1 unspecified atom stereocenters. The lowest BCUT2D eigenvalue weighted by atomic mass is 10.1. The summed E-state index contributed by atoms with van der Waals surface area (Å²) in [5, 5.41) is 8.81. The highest BCUT2D eigenvalue weighted by Gasteiger charge is 2.20. The van der Waals surface area contributed by atoms with Gasteiger partial charge in [0.05, 0.1) is 20.0 Å². The second kappa shape index (κ2) is 7.53. The maximum Gasteiger partial charge on any atom is 0.305 e. The molecule has 0 heterocycles. The van der Waals surface area contributed by atoms with Gasteiger partial charge < -0.3 is 14.7 Å². The number of aliphatic carboxylic acids is 1.